The van der Waals surface area contributed by atoms with E-state index in [4.69, 9.17) is 9.72 Å². The summed E-state index contributed by atoms with van der Waals surface area (Å²) in [6.45, 7) is 4.48. The molecule has 0 fully saturated rings. The van der Waals surface area contributed by atoms with Gasteiger partial charge >= 0.3 is 0 Å². The highest BCUT2D eigenvalue weighted by molar-refractivity contribution is 7.99. The molecule has 1 unspecified atom stereocenters. The zero-order chi connectivity index (χ0) is 19.7. The predicted octanol–water partition coefficient (Wildman–Crippen LogP) is 5.47. The van der Waals surface area contributed by atoms with Crippen LogP contribution >= 0.6 is 23.1 Å². The summed E-state index contributed by atoms with van der Waals surface area (Å²) in [7, 11) is 1.65. The molecule has 0 N–H and O–H groups in total. The molecule has 0 spiro atoms. The number of thiophene rings is 1. The molecule has 1 aliphatic carbocycles. The fourth-order valence-electron chi connectivity index (χ4n) is 3.73. The first-order valence-corrected chi connectivity index (χ1v) is 11.8. The van der Waals surface area contributed by atoms with Crippen molar-refractivity contribution in [1.29, 1.82) is 0 Å². The predicted molar refractivity (Wildman–Crippen MR) is 119 cm³/mol. The molecule has 2 aromatic heterocycles. The van der Waals surface area contributed by atoms with Gasteiger partial charge in [0.2, 0.25) is 0 Å². The van der Waals surface area contributed by atoms with E-state index in [1.165, 1.54) is 10.4 Å². The van der Waals surface area contributed by atoms with Crippen molar-refractivity contribution in [3.63, 3.8) is 0 Å². The lowest BCUT2D eigenvalue weighted by atomic mass is 9.89. The van der Waals surface area contributed by atoms with E-state index in [-0.39, 0.29) is 5.56 Å². The Morgan fingerprint density at radius 2 is 2.11 bits per heavy atom. The molecule has 2 heterocycles. The van der Waals surface area contributed by atoms with Crippen LogP contribution in [0.3, 0.4) is 0 Å². The minimum absolute atomic E-state index is 0.0706. The van der Waals surface area contributed by atoms with Crippen LogP contribution in [0.15, 0.2) is 34.2 Å². The Morgan fingerprint density at radius 3 is 2.82 bits per heavy atom. The van der Waals surface area contributed by atoms with Crippen LogP contribution in [0.5, 0.6) is 5.75 Å². The second-order valence-corrected chi connectivity index (χ2v) is 9.61. The van der Waals surface area contributed by atoms with Crippen molar-refractivity contribution in [2.75, 3.05) is 12.9 Å². The molecule has 0 amide bonds. The second-order valence-electron chi connectivity index (χ2n) is 7.47. The summed E-state index contributed by atoms with van der Waals surface area (Å²) in [4.78, 5) is 20.9. The molecule has 0 saturated carbocycles. The summed E-state index contributed by atoms with van der Waals surface area (Å²) < 4.78 is 7.08. The third-order valence-corrected chi connectivity index (χ3v) is 7.53. The smallest absolute Gasteiger partial charge is 0.267 e. The van der Waals surface area contributed by atoms with Crippen molar-refractivity contribution in [2.24, 2.45) is 5.92 Å². The third kappa shape index (κ3) is 3.60. The number of hydrogen-bond acceptors (Lipinski definition) is 5. The third-order valence-electron chi connectivity index (χ3n) is 5.36. The van der Waals surface area contributed by atoms with Crippen molar-refractivity contribution in [3.8, 4) is 11.4 Å². The number of aromatic nitrogens is 2. The van der Waals surface area contributed by atoms with Gasteiger partial charge in [-0.25, -0.2) is 4.98 Å². The van der Waals surface area contributed by atoms with Crippen molar-refractivity contribution < 1.29 is 4.74 Å². The van der Waals surface area contributed by atoms with Crippen LogP contribution in [0, 0.1) is 5.92 Å². The average Bonchev–Trinajstić information content (AvgIpc) is 3.06. The number of nitrogens with zero attached hydrogens (tertiary/aromatic N) is 2. The summed E-state index contributed by atoms with van der Waals surface area (Å²) in [6.07, 6.45) is 5.44. The van der Waals surface area contributed by atoms with E-state index in [1.54, 1.807) is 34.8 Å². The fourth-order valence-corrected chi connectivity index (χ4v) is 6.25. The minimum atomic E-state index is 0.0706. The number of ether oxygens (including phenoxy) is 1. The Morgan fingerprint density at radius 1 is 1.32 bits per heavy atom. The van der Waals surface area contributed by atoms with E-state index in [0.717, 1.165) is 64.7 Å². The summed E-state index contributed by atoms with van der Waals surface area (Å²) in [5, 5.41) is 1.63. The van der Waals surface area contributed by atoms with Gasteiger partial charge in [-0.05, 0) is 61.4 Å². The summed E-state index contributed by atoms with van der Waals surface area (Å²) in [5.74, 6) is 2.43. The van der Waals surface area contributed by atoms with Gasteiger partial charge in [0.05, 0.1) is 18.2 Å². The van der Waals surface area contributed by atoms with Gasteiger partial charge in [-0.1, -0.05) is 32.0 Å². The van der Waals surface area contributed by atoms with Crippen LogP contribution in [-0.4, -0.2) is 22.4 Å². The normalized spacial score (nSPS) is 16.3. The van der Waals surface area contributed by atoms with Crippen LogP contribution in [0.4, 0.5) is 0 Å². The van der Waals surface area contributed by atoms with Crippen molar-refractivity contribution >= 4 is 33.3 Å². The standard InChI is InChI=1S/C22H26N2O2S2/c1-4-5-12-27-22-23-20-19(17-11-6-14(2)13-18(17)28-20)21(25)24(22)15-7-9-16(26-3)10-8-15/h7-10,14H,4-6,11-13H2,1-3H3. The maximum atomic E-state index is 13.6. The summed E-state index contributed by atoms with van der Waals surface area (Å²) in [5.41, 5.74) is 2.16. The summed E-state index contributed by atoms with van der Waals surface area (Å²) >= 11 is 3.40. The quantitative estimate of drug-likeness (QED) is 0.305. The van der Waals surface area contributed by atoms with Gasteiger partial charge in [0.15, 0.2) is 5.16 Å². The van der Waals surface area contributed by atoms with Gasteiger partial charge in [0.25, 0.3) is 5.56 Å². The molecule has 6 heteroatoms. The fraction of sp³-hybridized carbons (Fsp3) is 0.455. The number of aryl methyl sites for hydroxylation is 1. The Kier molecular flexibility index (Phi) is 5.78. The van der Waals surface area contributed by atoms with Crippen molar-refractivity contribution in [1.82, 2.24) is 9.55 Å². The van der Waals surface area contributed by atoms with Gasteiger partial charge in [0, 0.05) is 10.6 Å². The number of hydrogen-bond donors (Lipinski definition) is 0. The maximum Gasteiger partial charge on any atom is 0.267 e. The lowest BCUT2D eigenvalue weighted by Gasteiger charge is -2.18. The lowest BCUT2D eigenvalue weighted by Crippen LogP contribution is -2.22. The molecule has 1 aromatic carbocycles. The van der Waals surface area contributed by atoms with Crippen LogP contribution in [0.2, 0.25) is 0 Å². The van der Waals surface area contributed by atoms with E-state index >= 15 is 0 Å². The highest BCUT2D eigenvalue weighted by atomic mass is 32.2. The van der Waals surface area contributed by atoms with Gasteiger partial charge in [-0.2, -0.15) is 0 Å². The number of thioether (sulfide) groups is 1. The lowest BCUT2D eigenvalue weighted by molar-refractivity contribution is 0.414. The van der Waals surface area contributed by atoms with Gasteiger partial charge in [-0.3, -0.25) is 9.36 Å². The molecule has 0 bridgehead atoms. The number of fused-ring (bicyclic) bond motifs is 3. The first kappa shape index (κ1) is 19.5. The molecule has 0 aliphatic heterocycles. The van der Waals surface area contributed by atoms with E-state index in [2.05, 4.69) is 13.8 Å². The van der Waals surface area contributed by atoms with Gasteiger partial charge in [-0.15, -0.1) is 11.3 Å². The Labute approximate surface area is 174 Å². The number of unbranched alkanes of at least 4 members (excludes halogenated alkanes) is 1. The van der Waals surface area contributed by atoms with Crippen molar-refractivity contribution in [2.45, 2.75) is 51.1 Å². The molecule has 4 nitrogen and oxygen atoms in total. The van der Waals surface area contributed by atoms with Crippen LogP contribution < -0.4 is 10.3 Å². The molecule has 28 heavy (non-hydrogen) atoms. The Hall–Kier alpha value is -1.79. The highest BCUT2D eigenvalue weighted by Gasteiger charge is 2.25. The molecular formula is C22H26N2O2S2. The number of methoxy groups -OCH3 is 1. The number of rotatable bonds is 6. The average molecular weight is 415 g/mol. The molecule has 1 atom stereocenters. The SMILES string of the molecule is CCCCSc1nc2sc3c(c2c(=O)n1-c1ccc(OC)cc1)CCC(C)C3. The first-order chi connectivity index (χ1) is 13.6. The van der Waals surface area contributed by atoms with Crippen molar-refractivity contribution in [3.05, 3.63) is 45.1 Å². The highest BCUT2D eigenvalue weighted by Crippen LogP contribution is 2.37. The molecule has 4 rings (SSSR count). The molecule has 3 aromatic rings. The molecule has 148 valence electrons. The van der Waals surface area contributed by atoms with E-state index < -0.39 is 0 Å². The Balaban J connectivity index is 1.89. The van der Waals surface area contributed by atoms with Crippen LogP contribution in [0.1, 0.15) is 43.6 Å². The van der Waals surface area contributed by atoms with E-state index in [0.29, 0.717) is 5.92 Å². The van der Waals surface area contributed by atoms with E-state index in [1.807, 2.05) is 24.3 Å². The number of benzene rings is 1. The molecule has 0 saturated heterocycles. The molecule has 1 aliphatic rings. The van der Waals surface area contributed by atoms with E-state index in [9.17, 15) is 4.79 Å². The first-order valence-electron chi connectivity index (χ1n) is 9.97. The minimum Gasteiger partial charge on any atom is -0.497 e. The zero-order valence-corrected chi connectivity index (χ0v) is 18.3. The maximum absolute atomic E-state index is 13.6. The van der Waals surface area contributed by atoms with Crippen LogP contribution in [-0.2, 0) is 12.8 Å². The summed E-state index contributed by atoms with van der Waals surface area (Å²) in [6, 6.07) is 7.69. The van der Waals surface area contributed by atoms with Gasteiger partial charge < -0.3 is 4.74 Å². The molecule has 0 radical (unpaired) electrons. The molecular weight excluding hydrogens is 388 g/mol. The largest absolute Gasteiger partial charge is 0.497 e. The monoisotopic (exact) mass is 414 g/mol. The second kappa shape index (κ2) is 8.29. The van der Waals surface area contributed by atoms with Crippen LogP contribution in [0.25, 0.3) is 15.9 Å². The zero-order valence-electron chi connectivity index (χ0n) is 16.7. The topological polar surface area (TPSA) is 44.1 Å². The Bertz CT molecular complexity index is 1040. The van der Waals surface area contributed by atoms with Gasteiger partial charge in [0.1, 0.15) is 10.6 Å².